The van der Waals surface area contributed by atoms with Gasteiger partial charge in [-0.3, -0.25) is 4.79 Å². The van der Waals surface area contributed by atoms with Crippen LogP contribution in [-0.4, -0.2) is 11.1 Å². The molecule has 3 atom stereocenters. The number of nitrogens with zero attached hydrogens (tertiary/aromatic N) is 1. The maximum atomic E-state index is 12.0. The largest absolute Gasteiger partial charge is 0.461 e. The van der Waals surface area contributed by atoms with E-state index in [9.17, 15) is 4.79 Å². The van der Waals surface area contributed by atoms with Crippen LogP contribution in [0, 0.1) is 17.8 Å². The summed E-state index contributed by atoms with van der Waals surface area (Å²) in [6.07, 6.45) is 7.28. The van der Waals surface area contributed by atoms with Gasteiger partial charge in [-0.1, -0.05) is 11.6 Å². The van der Waals surface area contributed by atoms with Crippen molar-refractivity contribution in [2.24, 2.45) is 17.8 Å². The van der Waals surface area contributed by atoms with Crippen molar-refractivity contribution in [1.29, 1.82) is 0 Å². The molecule has 2 aromatic rings. The Morgan fingerprint density at radius 3 is 3.00 bits per heavy atom. The van der Waals surface area contributed by atoms with Crippen molar-refractivity contribution in [3.8, 4) is 11.5 Å². The molecule has 2 aliphatic rings. The van der Waals surface area contributed by atoms with E-state index in [1.165, 1.54) is 25.7 Å². The Balaban J connectivity index is 1.28. The van der Waals surface area contributed by atoms with Gasteiger partial charge in [0.25, 0.3) is 0 Å². The highest BCUT2D eigenvalue weighted by Crippen LogP contribution is 2.49. The molecule has 5 heteroatoms. The molecule has 22 heavy (non-hydrogen) atoms. The molecule has 116 valence electrons. The van der Waals surface area contributed by atoms with Gasteiger partial charge in [-0.2, -0.15) is 0 Å². The molecule has 4 rings (SSSR count). The van der Waals surface area contributed by atoms with E-state index in [0.29, 0.717) is 29.6 Å². The number of aromatic nitrogens is 1. The van der Waals surface area contributed by atoms with Crippen LogP contribution in [0.2, 0.25) is 0 Å². The molecular formula is C17H19NO4. The molecule has 0 aliphatic heterocycles. The van der Waals surface area contributed by atoms with E-state index in [4.69, 9.17) is 13.7 Å². The van der Waals surface area contributed by atoms with Crippen LogP contribution in [0.15, 0.2) is 33.4 Å². The van der Waals surface area contributed by atoms with Crippen LogP contribution in [0.25, 0.3) is 11.5 Å². The van der Waals surface area contributed by atoms with E-state index in [1.54, 1.807) is 24.5 Å². The summed E-state index contributed by atoms with van der Waals surface area (Å²) in [5, 5.41) is 3.90. The highest BCUT2D eigenvalue weighted by molar-refractivity contribution is 5.69. The molecule has 0 aromatic carbocycles. The average molecular weight is 301 g/mol. The van der Waals surface area contributed by atoms with Gasteiger partial charge < -0.3 is 13.7 Å². The van der Waals surface area contributed by atoms with Gasteiger partial charge in [-0.05, 0) is 49.1 Å². The first kappa shape index (κ1) is 13.6. The van der Waals surface area contributed by atoms with Crippen molar-refractivity contribution in [3.05, 3.63) is 30.2 Å². The number of rotatable bonds is 5. The second-order valence-electron chi connectivity index (χ2n) is 6.46. The first-order valence-electron chi connectivity index (χ1n) is 7.93. The predicted molar refractivity (Wildman–Crippen MR) is 77.6 cm³/mol. The zero-order chi connectivity index (χ0) is 14.9. The van der Waals surface area contributed by atoms with Crippen molar-refractivity contribution >= 4 is 5.97 Å². The fraction of sp³-hybridized carbons (Fsp3) is 0.529. The van der Waals surface area contributed by atoms with E-state index in [1.807, 2.05) is 0 Å². The van der Waals surface area contributed by atoms with E-state index < -0.39 is 0 Å². The highest BCUT2D eigenvalue weighted by atomic mass is 16.5. The minimum Gasteiger partial charge on any atom is -0.461 e. The average Bonchev–Trinajstić information content (AvgIpc) is 3.27. The molecule has 2 bridgehead atoms. The maximum absolute atomic E-state index is 12.0. The predicted octanol–water partition coefficient (Wildman–Crippen LogP) is 3.80. The van der Waals surface area contributed by atoms with Crippen LogP contribution in [-0.2, 0) is 16.1 Å². The van der Waals surface area contributed by atoms with Crippen molar-refractivity contribution in [3.63, 3.8) is 0 Å². The van der Waals surface area contributed by atoms with Crippen molar-refractivity contribution in [2.75, 3.05) is 0 Å². The number of carbonyl (C=O) groups is 1. The normalized spacial score (nSPS) is 26.5. The molecular weight excluding hydrogens is 282 g/mol. The molecule has 2 aliphatic carbocycles. The summed E-state index contributed by atoms with van der Waals surface area (Å²) < 4.78 is 15.8. The Bertz CT molecular complexity index is 645. The molecule has 0 radical (unpaired) electrons. The Labute approximate surface area is 128 Å². The zero-order valence-corrected chi connectivity index (χ0v) is 12.4. The molecule has 0 saturated heterocycles. The van der Waals surface area contributed by atoms with Crippen LogP contribution in [0.1, 0.15) is 37.8 Å². The highest BCUT2D eigenvalue weighted by Gasteiger charge is 2.40. The molecule has 0 unspecified atom stereocenters. The van der Waals surface area contributed by atoms with Crippen molar-refractivity contribution in [2.45, 2.75) is 38.7 Å². The lowest BCUT2D eigenvalue weighted by molar-refractivity contribution is -0.146. The number of furan rings is 1. The van der Waals surface area contributed by atoms with Gasteiger partial charge in [0.1, 0.15) is 12.3 Å². The number of fused-ring (bicyclic) bond motifs is 2. The van der Waals surface area contributed by atoms with Gasteiger partial charge in [0.2, 0.25) is 5.76 Å². The van der Waals surface area contributed by atoms with E-state index in [-0.39, 0.29) is 12.6 Å². The molecule has 0 amide bonds. The van der Waals surface area contributed by atoms with Crippen LogP contribution >= 0.6 is 0 Å². The molecule has 5 nitrogen and oxygen atoms in total. The number of hydrogen-bond donors (Lipinski definition) is 0. The second kappa shape index (κ2) is 5.63. The smallest absolute Gasteiger partial charge is 0.306 e. The molecule has 0 N–H and O–H groups in total. The Morgan fingerprint density at radius 1 is 1.32 bits per heavy atom. The lowest BCUT2D eigenvalue weighted by Gasteiger charge is -2.20. The lowest BCUT2D eigenvalue weighted by atomic mass is 9.86. The van der Waals surface area contributed by atoms with E-state index >= 15 is 0 Å². The zero-order valence-electron chi connectivity index (χ0n) is 12.4. The lowest BCUT2D eigenvalue weighted by Crippen LogP contribution is -2.16. The molecule has 2 saturated carbocycles. The maximum Gasteiger partial charge on any atom is 0.306 e. The van der Waals surface area contributed by atoms with E-state index in [2.05, 4.69) is 5.16 Å². The number of esters is 1. The van der Waals surface area contributed by atoms with Crippen LogP contribution in [0.3, 0.4) is 0 Å². The number of hydrogen-bond acceptors (Lipinski definition) is 5. The van der Waals surface area contributed by atoms with Gasteiger partial charge in [-0.25, -0.2) is 0 Å². The first-order valence-corrected chi connectivity index (χ1v) is 7.93. The quantitative estimate of drug-likeness (QED) is 0.786. The Hall–Kier alpha value is -2.04. The molecule has 2 heterocycles. The monoisotopic (exact) mass is 301 g/mol. The van der Waals surface area contributed by atoms with Gasteiger partial charge in [0, 0.05) is 12.5 Å². The van der Waals surface area contributed by atoms with Crippen LogP contribution in [0.4, 0.5) is 0 Å². The van der Waals surface area contributed by atoms with Crippen molar-refractivity contribution in [1.82, 2.24) is 5.16 Å². The third-order valence-electron chi connectivity index (χ3n) is 5.02. The minimum absolute atomic E-state index is 0.125. The van der Waals surface area contributed by atoms with Gasteiger partial charge in [-0.15, -0.1) is 0 Å². The molecule has 2 aromatic heterocycles. The molecule has 0 spiro atoms. The number of ether oxygens (including phenoxy) is 1. The first-order chi connectivity index (χ1) is 10.8. The van der Waals surface area contributed by atoms with E-state index in [0.717, 1.165) is 11.8 Å². The second-order valence-corrected chi connectivity index (χ2v) is 6.46. The van der Waals surface area contributed by atoms with Crippen molar-refractivity contribution < 1.29 is 18.5 Å². The summed E-state index contributed by atoms with van der Waals surface area (Å²) in [5.41, 5.74) is 0.604. The fourth-order valence-electron chi connectivity index (χ4n) is 3.97. The summed E-state index contributed by atoms with van der Waals surface area (Å²) in [6, 6.07) is 5.32. The summed E-state index contributed by atoms with van der Waals surface area (Å²) in [5.74, 6) is 3.17. The third kappa shape index (κ3) is 2.67. The van der Waals surface area contributed by atoms with Crippen LogP contribution < -0.4 is 0 Å². The summed E-state index contributed by atoms with van der Waals surface area (Å²) in [7, 11) is 0. The van der Waals surface area contributed by atoms with Gasteiger partial charge >= 0.3 is 5.97 Å². The Kier molecular flexibility index (Phi) is 3.48. The number of carbonyl (C=O) groups excluding carboxylic acids is 1. The summed E-state index contributed by atoms with van der Waals surface area (Å²) in [6.45, 7) is 0.157. The van der Waals surface area contributed by atoms with Gasteiger partial charge in [0.05, 0.1) is 6.26 Å². The third-order valence-corrected chi connectivity index (χ3v) is 5.02. The summed E-state index contributed by atoms with van der Waals surface area (Å²) in [4.78, 5) is 12.0. The topological polar surface area (TPSA) is 65.5 Å². The Morgan fingerprint density at radius 2 is 2.27 bits per heavy atom. The molecule has 2 fully saturated rings. The van der Waals surface area contributed by atoms with Crippen LogP contribution in [0.5, 0.6) is 0 Å². The standard InChI is InChI=1S/C17H19NO4/c19-17(8-13-7-11-3-4-12(13)6-11)21-10-14-9-16(22-18-14)15-2-1-5-20-15/h1-2,5,9,11-13H,3-4,6-8,10H2/t11-,12-,13+/m0/s1. The SMILES string of the molecule is O=C(C[C@H]1C[C@H]2CC[C@H]1C2)OCc1cc(-c2ccco2)on1. The van der Waals surface area contributed by atoms with Gasteiger partial charge in [0.15, 0.2) is 5.76 Å². The summed E-state index contributed by atoms with van der Waals surface area (Å²) >= 11 is 0. The fourth-order valence-corrected chi connectivity index (χ4v) is 3.97. The minimum atomic E-state index is -0.125.